The second kappa shape index (κ2) is 5.87. The summed E-state index contributed by atoms with van der Waals surface area (Å²) in [5, 5.41) is 13.3. The lowest BCUT2D eigenvalue weighted by molar-refractivity contribution is 0.101. The Labute approximate surface area is 117 Å². The van der Waals surface area contributed by atoms with Gasteiger partial charge in [0.1, 0.15) is 5.76 Å². The molecule has 0 unspecified atom stereocenters. The van der Waals surface area contributed by atoms with Crippen LogP contribution in [0.1, 0.15) is 41.7 Å². The van der Waals surface area contributed by atoms with E-state index >= 15 is 0 Å². The molecule has 0 fully saturated rings. The minimum atomic E-state index is -0.330. The lowest BCUT2D eigenvalue weighted by Crippen LogP contribution is -2.12. The van der Waals surface area contributed by atoms with Gasteiger partial charge in [0.25, 0.3) is 5.91 Å². The Hall–Kier alpha value is -2.15. The second-order valence-corrected chi connectivity index (χ2v) is 5.24. The van der Waals surface area contributed by atoms with Gasteiger partial charge in [-0.1, -0.05) is 19.0 Å². The number of anilines is 1. The number of aromatic amines is 1. The van der Waals surface area contributed by atoms with E-state index in [4.69, 9.17) is 4.52 Å². The molecule has 0 saturated carbocycles. The monoisotopic (exact) mass is 277 g/mol. The molecule has 0 aliphatic rings. The normalized spacial score (nSPS) is 11.3. The lowest BCUT2D eigenvalue weighted by Gasteiger charge is -2.05. The van der Waals surface area contributed by atoms with Crippen LogP contribution < -0.4 is 5.32 Å². The summed E-state index contributed by atoms with van der Waals surface area (Å²) in [4.78, 5) is 14.0. The molecular formula is C13H19N5O2. The Morgan fingerprint density at radius 2 is 2.20 bits per heavy atom. The number of hydrogen-bond donors (Lipinski definition) is 2. The predicted octanol–water partition coefficient (Wildman–Crippen LogP) is 1.83. The van der Waals surface area contributed by atoms with Crippen molar-refractivity contribution < 1.29 is 9.32 Å². The highest BCUT2D eigenvalue weighted by Gasteiger charge is 2.15. The summed E-state index contributed by atoms with van der Waals surface area (Å²) >= 11 is 0. The van der Waals surface area contributed by atoms with Gasteiger partial charge in [-0.2, -0.15) is 5.10 Å². The van der Waals surface area contributed by atoms with E-state index in [-0.39, 0.29) is 17.5 Å². The first-order valence-electron chi connectivity index (χ1n) is 6.42. The predicted molar refractivity (Wildman–Crippen MR) is 74.5 cm³/mol. The maximum absolute atomic E-state index is 12.0. The topological polar surface area (TPSA) is 87.0 Å². The quantitative estimate of drug-likeness (QED) is 0.870. The minimum Gasteiger partial charge on any atom is -0.360 e. The Bertz CT molecular complexity index is 585. The van der Waals surface area contributed by atoms with E-state index in [2.05, 4.69) is 20.7 Å². The van der Waals surface area contributed by atoms with Crippen molar-refractivity contribution in [3.05, 3.63) is 29.3 Å². The fraction of sp³-hybridized carbons (Fsp3) is 0.462. The van der Waals surface area contributed by atoms with Crippen LogP contribution in [0.25, 0.3) is 0 Å². The molecule has 1 amide bonds. The number of carbonyl (C=O) groups is 1. The fourth-order valence-corrected chi connectivity index (χ4v) is 1.70. The van der Waals surface area contributed by atoms with E-state index in [1.165, 1.54) is 0 Å². The molecule has 2 N–H and O–H groups in total. The molecule has 0 spiro atoms. The number of aromatic nitrogens is 3. The van der Waals surface area contributed by atoms with Crippen molar-refractivity contribution in [2.24, 2.45) is 0 Å². The highest BCUT2D eigenvalue weighted by atomic mass is 16.5. The van der Waals surface area contributed by atoms with Gasteiger partial charge >= 0.3 is 0 Å². The maximum atomic E-state index is 12.0. The highest BCUT2D eigenvalue weighted by Crippen LogP contribution is 2.16. The van der Waals surface area contributed by atoms with Gasteiger partial charge in [-0.3, -0.25) is 9.89 Å². The molecule has 2 heterocycles. The summed E-state index contributed by atoms with van der Waals surface area (Å²) in [5.74, 6) is 1.02. The van der Waals surface area contributed by atoms with E-state index in [0.29, 0.717) is 11.6 Å². The zero-order chi connectivity index (χ0) is 14.7. The zero-order valence-corrected chi connectivity index (χ0v) is 12.1. The summed E-state index contributed by atoms with van der Waals surface area (Å²) in [6.45, 7) is 4.68. The van der Waals surface area contributed by atoms with Gasteiger partial charge in [0.2, 0.25) is 0 Å². The van der Waals surface area contributed by atoms with Crippen molar-refractivity contribution >= 4 is 11.7 Å². The third-order valence-corrected chi connectivity index (χ3v) is 2.69. The Kier molecular flexibility index (Phi) is 4.19. The zero-order valence-electron chi connectivity index (χ0n) is 12.1. The smallest absolute Gasteiger partial charge is 0.279 e. The SMILES string of the molecule is CC(C)c1cc(C(=O)Nc2cc(CN(C)C)[nH]n2)no1. The molecule has 20 heavy (non-hydrogen) atoms. The molecule has 0 radical (unpaired) electrons. The summed E-state index contributed by atoms with van der Waals surface area (Å²) in [7, 11) is 3.92. The number of nitrogens with zero attached hydrogens (tertiary/aromatic N) is 3. The largest absolute Gasteiger partial charge is 0.360 e. The summed E-state index contributed by atoms with van der Waals surface area (Å²) in [5.41, 5.74) is 1.18. The fourth-order valence-electron chi connectivity index (χ4n) is 1.70. The molecule has 0 aromatic carbocycles. The number of hydrogen-bond acceptors (Lipinski definition) is 5. The van der Waals surface area contributed by atoms with Crippen LogP contribution in [0.4, 0.5) is 5.82 Å². The van der Waals surface area contributed by atoms with Crippen LogP contribution in [0.15, 0.2) is 16.7 Å². The average molecular weight is 277 g/mol. The average Bonchev–Trinajstić information content (AvgIpc) is 2.97. The molecule has 0 atom stereocenters. The number of rotatable bonds is 5. The van der Waals surface area contributed by atoms with Crippen LogP contribution in [0.2, 0.25) is 0 Å². The van der Waals surface area contributed by atoms with Crippen molar-refractivity contribution in [2.75, 3.05) is 19.4 Å². The number of amides is 1. The first-order chi connectivity index (χ1) is 9.45. The van der Waals surface area contributed by atoms with Gasteiger partial charge in [-0.05, 0) is 14.1 Å². The molecule has 0 bridgehead atoms. The summed E-state index contributed by atoms with van der Waals surface area (Å²) < 4.78 is 5.10. The van der Waals surface area contributed by atoms with Crippen LogP contribution in [-0.4, -0.2) is 40.3 Å². The van der Waals surface area contributed by atoms with Crippen LogP contribution in [-0.2, 0) is 6.54 Å². The second-order valence-electron chi connectivity index (χ2n) is 5.24. The van der Waals surface area contributed by atoms with Crippen molar-refractivity contribution in [1.29, 1.82) is 0 Å². The lowest BCUT2D eigenvalue weighted by atomic mass is 10.1. The highest BCUT2D eigenvalue weighted by molar-refractivity contribution is 6.02. The van der Waals surface area contributed by atoms with Crippen LogP contribution in [0, 0.1) is 0 Å². The maximum Gasteiger partial charge on any atom is 0.279 e. The Morgan fingerprint density at radius 3 is 2.80 bits per heavy atom. The molecule has 2 aromatic heterocycles. The molecule has 0 aliphatic carbocycles. The molecule has 7 nitrogen and oxygen atoms in total. The van der Waals surface area contributed by atoms with Crippen molar-refractivity contribution in [1.82, 2.24) is 20.3 Å². The van der Waals surface area contributed by atoms with Crippen LogP contribution in [0.5, 0.6) is 0 Å². The molecule has 0 aliphatic heterocycles. The van der Waals surface area contributed by atoms with Crippen molar-refractivity contribution in [3.8, 4) is 0 Å². The number of carbonyl (C=O) groups excluding carboxylic acids is 1. The van der Waals surface area contributed by atoms with E-state index in [0.717, 1.165) is 12.2 Å². The first kappa shape index (κ1) is 14.3. The van der Waals surface area contributed by atoms with Crippen LogP contribution in [0.3, 0.4) is 0 Å². The van der Waals surface area contributed by atoms with Gasteiger partial charge in [-0.25, -0.2) is 0 Å². The minimum absolute atomic E-state index is 0.195. The molecule has 7 heteroatoms. The number of nitrogens with one attached hydrogen (secondary N) is 2. The van der Waals surface area contributed by atoms with E-state index in [9.17, 15) is 4.79 Å². The van der Waals surface area contributed by atoms with Crippen molar-refractivity contribution in [3.63, 3.8) is 0 Å². The molecule has 0 saturated heterocycles. The first-order valence-corrected chi connectivity index (χ1v) is 6.42. The van der Waals surface area contributed by atoms with Gasteiger partial charge in [-0.15, -0.1) is 0 Å². The third-order valence-electron chi connectivity index (χ3n) is 2.69. The third kappa shape index (κ3) is 3.45. The van der Waals surface area contributed by atoms with Gasteiger partial charge < -0.3 is 14.7 Å². The van der Waals surface area contributed by atoms with Gasteiger partial charge in [0.15, 0.2) is 11.5 Å². The Morgan fingerprint density at radius 1 is 1.45 bits per heavy atom. The summed E-state index contributed by atoms with van der Waals surface area (Å²) in [6, 6.07) is 3.44. The van der Waals surface area contributed by atoms with Gasteiger partial charge in [0.05, 0.1) is 5.69 Å². The molecule has 108 valence electrons. The molecule has 2 aromatic rings. The summed E-state index contributed by atoms with van der Waals surface area (Å²) in [6.07, 6.45) is 0. The van der Waals surface area contributed by atoms with Crippen molar-refractivity contribution in [2.45, 2.75) is 26.3 Å². The van der Waals surface area contributed by atoms with Gasteiger partial charge in [0, 0.05) is 24.6 Å². The van der Waals surface area contributed by atoms with E-state index in [1.54, 1.807) is 12.1 Å². The molecular weight excluding hydrogens is 258 g/mol. The Balaban J connectivity index is 2.01. The van der Waals surface area contributed by atoms with E-state index < -0.39 is 0 Å². The molecule has 2 rings (SSSR count). The van der Waals surface area contributed by atoms with Crippen LogP contribution >= 0.6 is 0 Å². The number of H-pyrrole nitrogens is 1. The standard InChI is InChI=1S/C13H19N5O2/c1-8(2)11-6-10(17-20-11)13(19)14-12-5-9(15-16-12)7-18(3)4/h5-6,8H,7H2,1-4H3,(H2,14,15,16,19). The van der Waals surface area contributed by atoms with E-state index in [1.807, 2.05) is 32.8 Å².